The van der Waals surface area contributed by atoms with Crippen LogP contribution in [0.4, 0.5) is 10.2 Å². The summed E-state index contributed by atoms with van der Waals surface area (Å²) in [5, 5.41) is 22.7. The Kier molecular flexibility index (Phi) is 7.47. The van der Waals surface area contributed by atoms with E-state index in [1.165, 1.54) is 23.9 Å². The van der Waals surface area contributed by atoms with Gasteiger partial charge in [-0.15, -0.1) is 0 Å². The zero-order valence-electron chi connectivity index (χ0n) is 17.3. The van der Waals surface area contributed by atoms with E-state index < -0.39 is 6.10 Å². The molecule has 2 aromatic heterocycles. The van der Waals surface area contributed by atoms with Crippen LogP contribution in [0.25, 0.3) is 22.5 Å². The molecule has 8 heteroatoms. The third-order valence-electron chi connectivity index (χ3n) is 4.85. The van der Waals surface area contributed by atoms with E-state index in [-0.39, 0.29) is 18.5 Å². The Balaban J connectivity index is 1.97. The molecule has 6 nitrogen and oxygen atoms in total. The average Bonchev–Trinajstić information content (AvgIpc) is 3.17. The number of halogens is 1. The number of rotatable bonds is 9. The molecule has 0 amide bonds. The maximum atomic E-state index is 13.4. The van der Waals surface area contributed by atoms with Crippen LogP contribution in [0.1, 0.15) is 20.8 Å². The summed E-state index contributed by atoms with van der Waals surface area (Å²) in [7, 11) is 0. The molecule has 0 spiro atoms. The second kappa shape index (κ2) is 10.1. The Labute approximate surface area is 180 Å². The molecular weight excluding hydrogens is 403 g/mol. The van der Waals surface area contributed by atoms with E-state index in [1.54, 1.807) is 18.3 Å². The number of hydrogen-bond donors (Lipinski definition) is 4. The third-order valence-corrected chi connectivity index (χ3v) is 5.87. The minimum absolute atomic E-state index is 0.259. The zero-order valence-corrected chi connectivity index (χ0v) is 18.1. The molecule has 0 aliphatic rings. The van der Waals surface area contributed by atoms with E-state index in [0.29, 0.717) is 22.5 Å². The van der Waals surface area contributed by atoms with Crippen molar-refractivity contribution >= 4 is 17.6 Å². The third kappa shape index (κ3) is 5.59. The topological polar surface area (TPSA) is 94.1 Å². The molecule has 0 saturated heterocycles. The first kappa shape index (κ1) is 22.3. The van der Waals surface area contributed by atoms with Crippen molar-refractivity contribution in [3.8, 4) is 22.5 Å². The van der Waals surface area contributed by atoms with Gasteiger partial charge in [0.15, 0.2) is 5.16 Å². The number of aliphatic hydroxyl groups excluding tert-OH is 2. The van der Waals surface area contributed by atoms with E-state index in [9.17, 15) is 9.50 Å². The SMILES string of the molecule is CC(C)C(C)Nc1cc(-c2nc(SC[C@@H](O)CO)[nH]c2-c2ccc(F)cc2)ccn1. The molecule has 0 fully saturated rings. The van der Waals surface area contributed by atoms with Crippen molar-refractivity contribution in [2.24, 2.45) is 5.92 Å². The lowest BCUT2D eigenvalue weighted by atomic mass is 10.0. The number of aliphatic hydroxyl groups is 2. The van der Waals surface area contributed by atoms with Crippen LogP contribution in [0, 0.1) is 11.7 Å². The molecule has 3 aromatic rings. The van der Waals surface area contributed by atoms with Gasteiger partial charge in [0.1, 0.15) is 11.6 Å². The number of nitrogens with one attached hydrogen (secondary N) is 2. The number of hydrogen-bond acceptors (Lipinski definition) is 6. The Hall–Kier alpha value is -2.42. The average molecular weight is 431 g/mol. The molecule has 0 bridgehead atoms. The molecule has 2 atom stereocenters. The van der Waals surface area contributed by atoms with Crippen molar-refractivity contribution in [3.05, 3.63) is 48.4 Å². The van der Waals surface area contributed by atoms with Gasteiger partial charge in [-0.3, -0.25) is 0 Å². The number of benzene rings is 1. The van der Waals surface area contributed by atoms with Crippen LogP contribution in [0.2, 0.25) is 0 Å². The molecule has 2 heterocycles. The highest BCUT2D eigenvalue weighted by molar-refractivity contribution is 7.99. The summed E-state index contributed by atoms with van der Waals surface area (Å²) in [6.07, 6.45) is 0.906. The van der Waals surface area contributed by atoms with Crippen LogP contribution in [-0.2, 0) is 0 Å². The van der Waals surface area contributed by atoms with E-state index in [1.807, 2.05) is 12.1 Å². The molecule has 0 saturated carbocycles. The first-order valence-electron chi connectivity index (χ1n) is 9.88. The van der Waals surface area contributed by atoms with Crippen molar-refractivity contribution in [1.82, 2.24) is 15.0 Å². The lowest BCUT2D eigenvalue weighted by Crippen LogP contribution is -2.22. The molecule has 1 unspecified atom stereocenters. The minimum Gasteiger partial charge on any atom is -0.394 e. The summed E-state index contributed by atoms with van der Waals surface area (Å²) in [5.41, 5.74) is 3.14. The molecule has 0 aliphatic carbocycles. The fourth-order valence-corrected chi connectivity index (χ4v) is 3.52. The molecule has 0 aliphatic heterocycles. The monoisotopic (exact) mass is 430 g/mol. The van der Waals surface area contributed by atoms with E-state index in [2.05, 4.69) is 36.1 Å². The molecular formula is C22H27FN4O2S. The van der Waals surface area contributed by atoms with Gasteiger partial charge in [-0.1, -0.05) is 25.6 Å². The fourth-order valence-electron chi connectivity index (χ4n) is 2.74. The number of aromatic amines is 1. The lowest BCUT2D eigenvalue weighted by Gasteiger charge is -2.18. The van der Waals surface area contributed by atoms with Gasteiger partial charge in [-0.05, 0) is 49.2 Å². The smallest absolute Gasteiger partial charge is 0.166 e. The molecule has 30 heavy (non-hydrogen) atoms. The van der Waals surface area contributed by atoms with Crippen LogP contribution in [0.5, 0.6) is 0 Å². The summed E-state index contributed by atoms with van der Waals surface area (Å²) < 4.78 is 13.4. The van der Waals surface area contributed by atoms with Gasteiger partial charge in [0.25, 0.3) is 0 Å². The Morgan fingerprint density at radius 2 is 1.87 bits per heavy atom. The van der Waals surface area contributed by atoms with Gasteiger partial charge < -0.3 is 20.5 Å². The normalized spacial score (nSPS) is 13.4. The van der Waals surface area contributed by atoms with Gasteiger partial charge in [-0.25, -0.2) is 14.4 Å². The predicted octanol–water partition coefficient (Wildman–Crippen LogP) is 4.18. The molecule has 160 valence electrons. The van der Waals surface area contributed by atoms with E-state index >= 15 is 0 Å². The van der Waals surface area contributed by atoms with Gasteiger partial charge in [-0.2, -0.15) is 0 Å². The second-order valence-corrected chi connectivity index (χ2v) is 8.54. The minimum atomic E-state index is -0.827. The second-order valence-electron chi connectivity index (χ2n) is 7.53. The highest BCUT2D eigenvalue weighted by atomic mass is 32.2. The number of nitrogens with zero attached hydrogens (tertiary/aromatic N) is 2. The maximum Gasteiger partial charge on any atom is 0.166 e. The van der Waals surface area contributed by atoms with Crippen molar-refractivity contribution in [3.63, 3.8) is 0 Å². The summed E-state index contributed by atoms with van der Waals surface area (Å²) in [6.45, 7) is 6.09. The van der Waals surface area contributed by atoms with Crippen LogP contribution in [0.15, 0.2) is 47.8 Å². The molecule has 1 aromatic carbocycles. The summed E-state index contributed by atoms with van der Waals surface area (Å²) in [6, 6.07) is 10.3. The first-order chi connectivity index (χ1) is 14.4. The van der Waals surface area contributed by atoms with E-state index in [0.717, 1.165) is 22.6 Å². The number of anilines is 1. The Bertz CT molecular complexity index is 962. The van der Waals surface area contributed by atoms with Crippen LogP contribution < -0.4 is 5.32 Å². The van der Waals surface area contributed by atoms with Gasteiger partial charge in [0.2, 0.25) is 0 Å². The highest BCUT2D eigenvalue weighted by Crippen LogP contribution is 2.33. The van der Waals surface area contributed by atoms with Crippen molar-refractivity contribution in [1.29, 1.82) is 0 Å². The number of H-pyrrole nitrogens is 1. The van der Waals surface area contributed by atoms with Gasteiger partial charge in [0, 0.05) is 29.1 Å². The molecule has 0 radical (unpaired) electrons. The Morgan fingerprint density at radius 3 is 2.53 bits per heavy atom. The number of imidazole rings is 1. The largest absolute Gasteiger partial charge is 0.394 e. The fraction of sp³-hybridized carbons (Fsp3) is 0.364. The zero-order chi connectivity index (χ0) is 21.7. The van der Waals surface area contributed by atoms with Crippen molar-refractivity contribution in [2.75, 3.05) is 17.7 Å². The number of aromatic nitrogens is 3. The number of thioether (sulfide) groups is 1. The molecule has 3 rings (SSSR count). The predicted molar refractivity (Wildman–Crippen MR) is 119 cm³/mol. The standard InChI is InChI=1S/C22H27FN4O2S/c1-13(2)14(3)25-19-10-16(8-9-24-19)21-20(15-4-6-17(23)7-5-15)26-22(27-21)30-12-18(29)11-28/h4-10,13-14,18,28-29H,11-12H2,1-3H3,(H,24,25)(H,26,27)/t14?,18-/m0/s1. The number of pyridine rings is 1. The van der Waals surface area contributed by atoms with Crippen LogP contribution >= 0.6 is 11.8 Å². The van der Waals surface area contributed by atoms with Gasteiger partial charge >= 0.3 is 0 Å². The highest BCUT2D eigenvalue weighted by Gasteiger charge is 2.17. The Morgan fingerprint density at radius 1 is 1.13 bits per heavy atom. The summed E-state index contributed by atoms with van der Waals surface area (Å²) in [5.74, 6) is 1.21. The van der Waals surface area contributed by atoms with Crippen molar-refractivity contribution in [2.45, 2.75) is 38.1 Å². The van der Waals surface area contributed by atoms with Gasteiger partial charge in [0.05, 0.1) is 24.1 Å². The van der Waals surface area contributed by atoms with E-state index in [4.69, 9.17) is 10.1 Å². The summed E-state index contributed by atoms with van der Waals surface area (Å²) >= 11 is 1.32. The van der Waals surface area contributed by atoms with Crippen LogP contribution in [-0.4, -0.2) is 49.7 Å². The first-order valence-corrected chi connectivity index (χ1v) is 10.9. The maximum absolute atomic E-state index is 13.4. The molecule has 4 N–H and O–H groups in total. The summed E-state index contributed by atoms with van der Waals surface area (Å²) in [4.78, 5) is 12.4. The lowest BCUT2D eigenvalue weighted by molar-refractivity contribution is 0.113. The quantitative estimate of drug-likeness (QED) is 0.381. The van der Waals surface area contributed by atoms with Crippen LogP contribution in [0.3, 0.4) is 0 Å². The van der Waals surface area contributed by atoms with Crippen molar-refractivity contribution < 1.29 is 14.6 Å².